The van der Waals surface area contributed by atoms with Gasteiger partial charge >= 0.3 is 6.18 Å². The Kier molecular flexibility index (Phi) is 4.65. The summed E-state index contributed by atoms with van der Waals surface area (Å²) in [5.41, 5.74) is 2.33. The third kappa shape index (κ3) is 4.23. The molecule has 3 nitrogen and oxygen atoms in total. The third-order valence-electron chi connectivity index (χ3n) is 3.35. The average molecular weight is 286 g/mol. The van der Waals surface area contributed by atoms with E-state index in [1.807, 2.05) is 24.3 Å². The van der Waals surface area contributed by atoms with Crippen molar-refractivity contribution in [3.05, 3.63) is 35.4 Å². The van der Waals surface area contributed by atoms with Crippen molar-refractivity contribution >= 4 is 5.91 Å². The maximum Gasteiger partial charge on any atom is 0.389 e. The predicted molar refractivity (Wildman–Crippen MR) is 69.2 cm³/mol. The SMILES string of the molecule is O=C(CCC(F)(F)F)NCC1NCCc2ccccc21. The van der Waals surface area contributed by atoms with E-state index in [-0.39, 0.29) is 6.04 Å². The fourth-order valence-corrected chi connectivity index (χ4v) is 2.33. The molecule has 1 aromatic rings. The van der Waals surface area contributed by atoms with Gasteiger partial charge in [0.25, 0.3) is 0 Å². The van der Waals surface area contributed by atoms with Gasteiger partial charge in [-0.25, -0.2) is 0 Å². The molecule has 1 amide bonds. The van der Waals surface area contributed by atoms with Crippen LogP contribution in [0.15, 0.2) is 24.3 Å². The van der Waals surface area contributed by atoms with Crippen LogP contribution >= 0.6 is 0 Å². The van der Waals surface area contributed by atoms with Gasteiger partial charge in [0, 0.05) is 19.0 Å². The predicted octanol–water partition coefficient (Wildman–Crippen LogP) is 2.33. The minimum atomic E-state index is -4.28. The van der Waals surface area contributed by atoms with E-state index in [9.17, 15) is 18.0 Å². The van der Waals surface area contributed by atoms with Crippen LogP contribution in [0.2, 0.25) is 0 Å². The second-order valence-corrected chi connectivity index (χ2v) is 4.87. The van der Waals surface area contributed by atoms with Crippen molar-refractivity contribution in [1.29, 1.82) is 0 Å². The lowest BCUT2D eigenvalue weighted by Crippen LogP contribution is -2.39. The van der Waals surface area contributed by atoms with E-state index in [2.05, 4.69) is 10.6 Å². The fraction of sp³-hybridized carbons (Fsp3) is 0.500. The Balaban J connectivity index is 1.85. The van der Waals surface area contributed by atoms with E-state index in [0.29, 0.717) is 6.54 Å². The van der Waals surface area contributed by atoms with Gasteiger partial charge < -0.3 is 10.6 Å². The number of hydrogen-bond donors (Lipinski definition) is 2. The number of hydrogen-bond acceptors (Lipinski definition) is 2. The number of carbonyl (C=O) groups excluding carboxylic acids is 1. The molecule has 0 saturated carbocycles. The smallest absolute Gasteiger partial charge is 0.354 e. The number of alkyl halides is 3. The van der Waals surface area contributed by atoms with Crippen molar-refractivity contribution in [3.63, 3.8) is 0 Å². The zero-order valence-corrected chi connectivity index (χ0v) is 11.0. The molecule has 110 valence electrons. The van der Waals surface area contributed by atoms with Gasteiger partial charge in [-0.1, -0.05) is 24.3 Å². The molecule has 0 spiro atoms. The molecule has 0 bridgehead atoms. The van der Waals surface area contributed by atoms with Gasteiger partial charge in [0.05, 0.1) is 6.42 Å². The molecule has 1 aromatic carbocycles. The van der Waals surface area contributed by atoms with E-state index < -0.39 is 24.9 Å². The van der Waals surface area contributed by atoms with Gasteiger partial charge in [0.15, 0.2) is 0 Å². The first-order valence-electron chi connectivity index (χ1n) is 6.60. The Hall–Kier alpha value is -1.56. The van der Waals surface area contributed by atoms with Crippen molar-refractivity contribution in [2.75, 3.05) is 13.1 Å². The number of rotatable bonds is 4. The van der Waals surface area contributed by atoms with Crippen LogP contribution in [0, 0.1) is 0 Å². The Morgan fingerprint density at radius 2 is 2.10 bits per heavy atom. The summed E-state index contributed by atoms with van der Waals surface area (Å²) >= 11 is 0. The standard InChI is InChI=1S/C14H17F3N2O/c15-14(16,17)7-5-13(20)19-9-12-11-4-2-1-3-10(11)6-8-18-12/h1-4,12,18H,5-9H2,(H,19,20). The summed E-state index contributed by atoms with van der Waals surface area (Å²) in [6.45, 7) is 1.12. The molecule has 0 saturated heterocycles. The number of fused-ring (bicyclic) bond motifs is 1. The Bertz CT molecular complexity index is 474. The van der Waals surface area contributed by atoms with Crippen LogP contribution in [0.1, 0.15) is 30.0 Å². The quantitative estimate of drug-likeness (QED) is 0.892. The second-order valence-electron chi connectivity index (χ2n) is 4.87. The zero-order valence-electron chi connectivity index (χ0n) is 11.0. The molecule has 1 unspecified atom stereocenters. The molecular formula is C14H17F3N2O. The van der Waals surface area contributed by atoms with Gasteiger partial charge in [-0.2, -0.15) is 13.2 Å². The molecule has 6 heteroatoms. The fourth-order valence-electron chi connectivity index (χ4n) is 2.33. The molecular weight excluding hydrogens is 269 g/mol. The summed E-state index contributed by atoms with van der Waals surface area (Å²) in [7, 11) is 0. The molecule has 1 aliphatic heterocycles. The summed E-state index contributed by atoms with van der Waals surface area (Å²) in [6, 6.07) is 7.87. The Labute approximate surface area is 115 Å². The molecule has 0 aromatic heterocycles. The molecule has 2 N–H and O–H groups in total. The van der Waals surface area contributed by atoms with Crippen LogP contribution in [0.25, 0.3) is 0 Å². The monoisotopic (exact) mass is 286 g/mol. The van der Waals surface area contributed by atoms with E-state index in [1.54, 1.807) is 0 Å². The lowest BCUT2D eigenvalue weighted by molar-refractivity contribution is -0.144. The van der Waals surface area contributed by atoms with Crippen LogP contribution in [-0.2, 0) is 11.2 Å². The highest BCUT2D eigenvalue weighted by molar-refractivity contribution is 5.75. The number of benzene rings is 1. The van der Waals surface area contributed by atoms with E-state index in [4.69, 9.17) is 0 Å². The zero-order chi connectivity index (χ0) is 14.6. The van der Waals surface area contributed by atoms with Gasteiger partial charge in [0.2, 0.25) is 5.91 Å². The van der Waals surface area contributed by atoms with Crippen LogP contribution in [0.3, 0.4) is 0 Å². The molecule has 1 heterocycles. The molecule has 1 atom stereocenters. The first kappa shape index (κ1) is 14.8. The maximum atomic E-state index is 12.0. The summed E-state index contributed by atoms with van der Waals surface area (Å²) in [5, 5.41) is 5.83. The normalized spacial score (nSPS) is 18.4. The topological polar surface area (TPSA) is 41.1 Å². The minimum absolute atomic E-state index is 0.0326. The van der Waals surface area contributed by atoms with Gasteiger partial charge in [0.1, 0.15) is 0 Å². The summed E-state index contributed by atoms with van der Waals surface area (Å²) < 4.78 is 36.0. The van der Waals surface area contributed by atoms with Gasteiger partial charge in [-0.3, -0.25) is 4.79 Å². The Morgan fingerprint density at radius 1 is 1.35 bits per heavy atom. The largest absolute Gasteiger partial charge is 0.389 e. The minimum Gasteiger partial charge on any atom is -0.354 e. The lowest BCUT2D eigenvalue weighted by atomic mass is 9.94. The van der Waals surface area contributed by atoms with Gasteiger partial charge in [-0.05, 0) is 24.1 Å². The summed E-state index contributed by atoms with van der Waals surface area (Å²) in [4.78, 5) is 11.4. The van der Waals surface area contributed by atoms with Crippen LogP contribution < -0.4 is 10.6 Å². The van der Waals surface area contributed by atoms with Crippen molar-refractivity contribution in [2.45, 2.75) is 31.5 Å². The van der Waals surface area contributed by atoms with Crippen LogP contribution in [0.5, 0.6) is 0 Å². The van der Waals surface area contributed by atoms with Crippen molar-refractivity contribution in [3.8, 4) is 0 Å². The highest BCUT2D eigenvalue weighted by Gasteiger charge is 2.28. The van der Waals surface area contributed by atoms with E-state index >= 15 is 0 Å². The molecule has 0 fully saturated rings. The van der Waals surface area contributed by atoms with Crippen LogP contribution in [-0.4, -0.2) is 25.2 Å². The third-order valence-corrected chi connectivity index (χ3v) is 3.35. The van der Waals surface area contributed by atoms with Crippen molar-refractivity contribution in [1.82, 2.24) is 10.6 Å². The second kappa shape index (κ2) is 6.26. The molecule has 1 aliphatic rings. The van der Waals surface area contributed by atoms with Gasteiger partial charge in [-0.15, -0.1) is 0 Å². The van der Waals surface area contributed by atoms with Crippen molar-refractivity contribution in [2.24, 2.45) is 0 Å². The number of carbonyl (C=O) groups is 1. The number of halogens is 3. The van der Waals surface area contributed by atoms with E-state index in [0.717, 1.165) is 18.5 Å². The lowest BCUT2D eigenvalue weighted by Gasteiger charge is -2.27. The molecule has 20 heavy (non-hydrogen) atoms. The molecule has 0 aliphatic carbocycles. The molecule has 0 radical (unpaired) electrons. The Morgan fingerprint density at radius 3 is 2.85 bits per heavy atom. The van der Waals surface area contributed by atoms with Crippen molar-refractivity contribution < 1.29 is 18.0 Å². The number of amides is 1. The summed E-state index contributed by atoms with van der Waals surface area (Å²) in [6.07, 6.45) is -4.95. The summed E-state index contributed by atoms with van der Waals surface area (Å²) in [5.74, 6) is -0.563. The number of nitrogens with one attached hydrogen (secondary N) is 2. The van der Waals surface area contributed by atoms with Crippen LogP contribution in [0.4, 0.5) is 13.2 Å². The van der Waals surface area contributed by atoms with E-state index in [1.165, 1.54) is 5.56 Å². The maximum absolute atomic E-state index is 12.0. The first-order valence-corrected chi connectivity index (χ1v) is 6.60. The highest BCUT2D eigenvalue weighted by Crippen LogP contribution is 2.23. The first-order chi connectivity index (χ1) is 9.46. The molecule has 2 rings (SSSR count). The average Bonchev–Trinajstić information content (AvgIpc) is 2.42. The highest BCUT2D eigenvalue weighted by atomic mass is 19.4.